The highest BCUT2D eigenvalue weighted by atomic mass is 79.9. The molecular weight excluding hydrogens is 266 g/mol. The molecule has 2 nitrogen and oxygen atoms in total. The minimum atomic E-state index is 0.0228. The molecule has 0 heterocycles. The van der Waals surface area contributed by atoms with Crippen LogP contribution in [0.15, 0.2) is 18.2 Å². The Balaban J connectivity index is 2.76. The van der Waals surface area contributed by atoms with Gasteiger partial charge in [0.2, 0.25) is 0 Å². The first-order valence-corrected chi connectivity index (χ1v) is 6.61. The molecule has 16 heavy (non-hydrogen) atoms. The van der Waals surface area contributed by atoms with Crippen LogP contribution >= 0.6 is 15.9 Å². The van der Waals surface area contributed by atoms with Gasteiger partial charge in [0, 0.05) is 16.9 Å². The molecule has 0 radical (unpaired) electrons. The number of hydrogen-bond donors (Lipinski definition) is 1. The van der Waals surface area contributed by atoms with E-state index in [4.69, 9.17) is 0 Å². The molecule has 0 aromatic heterocycles. The Hall–Kier alpha value is -0.830. The quantitative estimate of drug-likeness (QED) is 0.845. The van der Waals surface area contributed by atoms with E-state index in [-0.39, 0.29) is 11.9 Å². The van der Waals surface area contributed by atoms with Crippen LogP contribution in [0.5, 0.6) is 0 Å². The summed E-state index contributed by atoms with van der Waals surface area (Å²) in [6, 6.07) is 6.14. The second-order valence-corrected chi connectivity index (χ2v) is 4.96. The number of benzene rings is 1. The smallest absolute Gasteiger partial charge is 0.251 e. The maximum Gasteiger partial charge on any atom is 0.251 e. The number of halogens is 1. The summed E-state index contributed by atoms with van der Waals surface area (Å²) in [6.45, 7) is 5.98. The van der Waals surface area contributed by atoms with Crippen molar-refractivity contribution in [2.45, 2.75) is 33.2 Å². The molecule has 0 saturated carbocycles. The third-order valence-corrected chi connectivity index (χ3v) is 3.02. The highest BCUT2D eigenvalue weighted by molar-refractivity contribution is 9.09. The topological polar surface area (TPSA) is 29.1 Å². The van der Waals surface area contributed by atoms with Crippen molar-refractivity contribution in [3.8, 4) is 0 Å². The van der Waals surface area contributed by atoms with E-state index in [9.17, 15) is 4.79 Å². The SMILES string of the molecule is Cc1ccc(C)c(C(=O)NC(C)CCBr)c1. The van der Waals surface area contributed by atoms with Crippen LogP contribution in [-0.4, -0.2) is 17.3 Å². The van der Waals surface area contributed by atoms with E-state index in [0.717, 1.165) is 28.4 Å². The van der Waals surface area contributed by atoms with Crippen LogP contribution in [0.4, 0.5) is 0 Å². The van der Waals surface area contributed by atoms with Gasteiger partial charge in [-0.25, -0.2) is 0 Å². The lowest BCUT2D eigenvalue weighted by Crippen LogP contribution is -2.33. The number of carbonyl (C=O) groups excluding carboxylic acids is 1. The largest absolute Gasteiger partial charge is 0.350 e. The van der Waals surface area contributed by atoms with Gasteiger partial charge in [-0.15, -0.1) is 0 Å². The third kappa shape index (κ3) is 3.63. The second-order valence-electron chi connectivity index (χ2n) is 4.17. The fourth-order valence-corrected chi connectivity index (χ4v) is 2.20. The van der Waals surface area contributed by atoms with E-state index in [0.29, 0.717) is 0 Å². The van der Waals surface area contributed by atoms with Crippen LogP contribution in [-0.2, 0) is 0 Å². The highest BCUT2D eigenvalue weighted by Gasteiger charge is 2.11. The first-order valence-electron chi connectivity index (χ1n) is 5.48. The molecule has 0 fully saturated rings. The van der Waals surface area contributed by atoms with Gasteiger partial charge in [0.05, 0.1) is 0 Å². The lowest BCUT2D eigenvalue weighted by Gasteiger charge is -2.14. The highest BCUT2D eigenvalue weighted by Crippen LogP contribution is 2.11. The Morgan fingerprint density at radius 1 is 1.44 bits per heavy atom. The molecule has 0 bridgehead atoms. The number of rotatable bonds is 4. The van der Waals surface area contributed by atoms with Crippen LogP contribution < -0.4 is 5.32 Å². The van der Waals surface area contributed by atoms with Crippen molar-refractivity contribution in [1.82, 2.24) is 5.32 Å². The maximum absolute atomic E-state index is 12.0. The van der Waals surface area contributed by atoms with Gasteiger partial charge in [0.15, 0.2) is 0 Å². The average Bonchev–Trinajstić information content (AvgIpc) is 2.21. The van der Waals surface area contributed by atoms with Gasteiger partial charge in [0.25, 0.3) is 5.91 Å². The Kier molecular flexibility index (Phi) is 5.00. The molecule has 1 atom stereocenters. The molecule has 0 saturated heterocycles. The molecule has 3 heteroatoms. The Morgan fingerprint density at radius 2 is 2.12 bits per heavy atom. The molecule has 0 aliphatic heterocycles. The predicted octanol–water partition coefficient (Wildman–Crippen LogP) is 3.21. The Morgan fingerprint density at radius 3 is 2.75 bits per heavy atom. The summed E-state index contributed by atoms with van der Waals surface area (Å²) in [5.74, 6) is 0.0228. The summed E-state index contributed by atoms with van der Waals surface area (Å²) < 4.78 is 0. The van der Waals surface area contributed by atoms with Gasteiger partial charge in [-0.3, -0.25) is 4.79 Å². The molecule has 1 aromatic rings. The van der Waals surface area contributed by atoms with Crippen molar-refractivity contribution in [2.24, 2.45) is 0 Å². The van der Waals surface area contributed by atoms with Gasteiger partial charge in [-0.2, -0.15) is 0 Å². The number of hydrogen-bond acceptors (Lipinski definition) is 1. The molecule has 1 rings (SSSR count). The maximum atomic E-state index is 12.0. The summed E-state index contributed by atoms with van der Waals surface area (Å²) in [6.07, 6.45) is 0.941. The number of nitrogens with one attached hydrogen (secondary N) is 1. The summed E-state index contributed by atoms with van der Waals surface area (Å²) in [5.41, 5.74) is 2.92. The molecule has 1 aromatic carbocycles. The van der Waals surface area contributed by atoms with E-state index in [2.05, 4.69) is 21.2 Å². The molecule has 0 aliphatic carbocycles. The van der Waals surface area contributed by atoms with Crippen molar-refractivity contribution >= 4 is 21.8 Å². The first-order chi connectivity index (χ1) is 7.54. The van der Waals surface area contributed by atoms with Crippen LogP contribution in [0.25, 0.3) is 0 Å². The first kappa shape index (κ1) is 13.2. The van der Waals surface area contributed by atoms with Crippen LogP contribution in [0.3, 0.4) is 0 Å². The summed E-state index contributed by atoms with van der Waals surface area (Å²) in [4.78, 5) is 12.0. The second kappa shape index (κ2) is 6.04. The van der Waals surface area contributed by atoms with E-state index in [1.807, 2.05) is 39.0 Å². The molecule has 0 spiro atoms. The van der Waals surface area contributed by atoms with E-state index in [1.165, 1.54) is 0 Å². The summed E-state index contributed by atoms with van der Waals surface area (Å²) in [7, 11) is 0. The zero-order valence-electron chi connectivity index (χ0n) is 10.0. The minimum absolute atomic E-state index is 0.0228. The lowest BCUT2D eigenvalue weighted by atomic mass is 10.0. The molecule has 1 amide bonds. The number of carbonyl (C=O) groups is 1. The van der Waals surface area contributed by atoms with E-state index in [1.54, 1.807) is 0 Å². The van der Waals surface area contributed by atoms with Gasteiger partial charge in [-0.1, -0.05) is 33.6 Å². The van der Waals surface area contributed by atoms with E-state index < -0.39 is 0 Å². The number of amides is 1. The van der Waals surface area contributed by atoms with Crippen molar-refractivity contribution in [3.05, 3.63) is 34.9 Å². The molecule has 1 N–H and O–H groups in total. The summed E-state index contributed by atoms with van der Waals surface area (Å²) >= 11 is 3.37. The minimum Gasteiger partial charge on any atom is -0.350 e. The predicted molar refractivity (Wildman–Crippen MR) is 71.3 cm³/mol. The van der Waals surface area contributed by atoms with Gasteiger partial charge in [0.1, 0.15) is 0 Å². The van der Waals surface area contributed by atoms with Crippen molar-refractivity contribution in [1.29, 1.82) is 0 Å². The Bertz CT molecular complexity index is 376. The van der Waals surface area contributed by atoms with Gasteiger partial charge >= 0.3 is 0 Å². The zero-order chi connectivity index (χ0) is 12.1. The van der Waals surface area contributed by atoms with Crippen molar-refractivity contribution in [2.75, 3.05) is 5.33 Å². The van der Waals surface area contributed by atoms with Crippen molar-refractivity contribution < 1.29 is 4.79 Å². The Labute approximate surface area is 106 Å². The van der Waals surface area contributed by atoms with Crippen LogP contribution in [0.1, 0.15) is 34.8 Å². The molecule has 0 aliphatic rings. The molecule has 1 unspecified atom stereocenters. The average molecular weight is 284 g/mol. The van der Waals surface area contributed by atoms with Gasteiger partial charge < -0.3 is 5.32 Å². The van der Waals surface area contributed by atoms with E-state index >= 15 is 0 Å². The normalized spacial score (nSPS) is 12.2. The fraction of sp³-hybridized carbons (Fsp3) is 0.462. The fourth-order valence-electron chi connectivity index (χ4n) is 1.52. The molecular formula is C13H18BrNO. The standard InChI is InChI=1S/C13H18BrNO/c1-9-4-5-10(2)12(8-9)13(16)15-11(3)6-7-14/h4-5,8,11H,6-7H2,1-3H3,(H,15,16). The van der Waals surface area contributed by atoms with Crippen LogP contribution in [0.2, 0.25) is 0 Å². The number of aryl methyl sites for hydroxylation is 2. The summed E-state index contributed by atoms with van der Waals surface area (Å²) in [5, 5.41) is 3.90. The monoisotopic (exact) mass is 283 g/mol. The number of alkyl halides is 1. The third-order valence-electron chi connectivity index (χ3n) is 2.56. The lowest BCUT2D eigenvalue weighted by molar-refractivity contribution is 0.0939. The van der Waals surface area contributed by atoms with Crippen LogP contribution in [0, 0.1) is 13.8 Å². The zero-order valence-corrected chi connectivity index (χ0v) is 11.6. The van der Waals surface area contributed by atoms with Crippen molar-refractivity contribution in [3.63, 3.8) is 0 Å². The molecule has 88 valence electrons. The van der Waals surface area contributed by atoms with Gasteiger partial charge in [-0.05, 0) is 38.8 Å².